The van der Waals surface area contributed by atoms with Crippen molar-refractivity contribution in [3.63, 3.8) is 0 Å². The predicted molar refractivity (Wildman–Crippen MR) is 60.7 cm³/mol. The molecule has 5 nitrogen and oxygen atoms in total. The first-order valence-corrected chi connectivity index (χ1v) is 5.83. The number of nitrogens with two attached hydrogens (primary N) is 1. The SMILES string of the molecule is Cc1nnc(SCc2ccnc(CN)c2)o1. The van der Waals surface area contributed by atoms with Crippen molar-refractivity contribution in [1.82, 2.24) is 15.2 Å². The lowest BCUT2D eigenvalue weighted by Crippen LogP contribution is -1.99. The second kappa shape index (κ2) is 5.09. The van der Waals surface area contributed by atoms with E-state index in [1.807, 2.05) is 12.1 Å². The summed E-state index contributed by atoms with van der Waals surface area (Å²) in [6.45, 7) is 2.23. The third kappa shape index (κ3) is 2.80. The molecule has 16 heavy (non-hydrogen) atoms. The Morgan fingerprint density at radius 3 is 3.00 bits per heavy atom. The van der Waals surface area contributed by atoms with Gasteiger partial charge in [-0.1, -0.05) is 11.8 Å². The zero-order chi connectivity index (χ0) is 11.4. The van der Waals surface area contributed by atoms with Crippen LogP contribution in [0.4, 0.5) is 0 Å². The lowest BCUT2D eigenvalue weighted by atomic mass is 10.2. The van der Waals surface area contributed by atoms with Gasteiger partial charge < -0.3 is 10.2 Å². The van der Waals surface area contributed by atoms with Crippen molar-refractivity contribution in [3.8, 4) is 0 Å². The average Bonchev–Trinajstić information content (AvgIpc) is 2.73. The first-order valence-electron chi connectivity index (χ1n) is 4.84. The van der Waals surface area contributed by atoms with E-state index in [-0.39, 0.29) is 0 Å². The molecule has 0 aromatic carbocycles. The molecule has 0 saturated carbocycles. The van der Waals surface area contributed by atoms with Crippen LogP contribution in [-0.2, 0) is 12.3 Å². The highest BCUT2D eigenvalue weighted by molar-refractivity contribution is 7.98. The Hall–Kier alpha value is -1.40. The molecule has 0 bridgehead atoms. The van der Waals surface area contributed by atoms with Crippen LogP contribution in [0.25, 0.3) is 0 Å². The molecule has 2 aromatic heterocycles. The van der Waals surface area contributed by atoms with Crippen LogP contribution in [0.5, 0.6) is 0 Å². The fourth-order valence-corrected chi connectivity index (χ4v) is 1.96. The molecule has 0 aliphatic rings. The zero-order valence-electron chi connectivity index (χ0n) is 8.88. The van der Waals surface area contributed by atoms with Crippen LogP contribution in [0.2, 0.25) is 0 Å². The molecule has 2 N–H and O–H groups in total. The Balaban J connectivity index is 1.99. The highest BCUT2D eigenvalue weighted by Crippen LogP contribution is 2.21. The average molecular weight is 236 g/mol. The monoisotopic (exact) mass is 236 g/mol. The van der Waals surface area contributed by atoms with Crippen molar-refractivity contribution in [3.05, 3.63) is 35.5 Å². The van der Waals surface area contributed by atoms with E-state index in [1.165, 1.54) is 11.8 Å². The Bertz CT molecular complexity index is 471. The van der Waals surface area contributed by atoms with Gasteiger partial charge in [-0.2, -0.15) is 0 Å². The maximum atomic E-state index is 5.52. The Labute approximate surface area is 97.5 Å². The molecule has 0 fully saturated rings. The van der Waals surface area contributed by atoms with Crippen LogP contribution >= 0.6 is 11.8 Å². The number of nitrogens with zero attached hydrogens (tertiary/aromatic N) is 3. The van der Waals surface area contributed by atoms with Crippen molar-refractivity contribution in [1.29, 1.82) is 0 Å². The summed E-state index contributed by atoms with van der Waals surface area (Å²) in [5.41, 5.74) is 7.56. The van der Waals surface area contributed by atoms with Gasteiger partial charge in [0.05, 0.1) is 5.69 Å². The normalized spacial score (nSPS) is 10.6. The Morgan fingerprint density at radius 2 is 2.31 bits per heavy atom. The van der Waals surface area contributed by atoms with Crippen LogP contribution in [0.15, 0.2) is 28.0 Å². The van der Waals surface area contributed by atoms with Crippen LogP contribution in [0, 0.1) is 6.92 Å². The van der Waals surface area contributed by atoms with Crippen LogP contribution < -0.4 is 5.73 Å². The molecule has 2 rings (SSSR count). The summed E-state index contributed by atoms with van der Waals surface area (Å²) in [6.07, 6.45) is 1.76. The second-order valence-electron chi connectivity index (χ2n) is 3.24. The molecular formula is C10H12N4OS. The van der Waals surface area contributed by atoms with Gasteiger partial charge in [0.25, 0.3) is 5.22 Å². The second-order valence-corrected chi connectivity index (χ2v) is 4.16. The summed E-state index contributed by atoms with van der Waals surface area (Å²) < 4.78 is 5.26. The van der Waals surface area contributed by atoms with E-state index in [4.69, 9.17) is 10.2 Å². The molecule has 84 valence electrons. The Morgan fingerprint density at radius 1 is 1.44 bits per heavy atom. The van der Waals surface area contributed by atoms with Gasteiger partial charge in [-0.3, -0.25) is 4.98 Å². The summed E-state index contributed by atoms with van der Waals surface area (Å²) in [7, 11) is 0. The van der Waals surface area contributed by atoms with Crippen molar-refractivity contribution in [2.24, 2.45) is 5.73 Å². The standard InChI is InChI=1S/C10H12N4OS/c1-7-13-14-10(15-7)16-6-8-2-3-12-9(4-8)5-11/h2-4H,5-6,11H2,1H3. The predicted octanol–water partition coefficient (Wildman–Crippen LogP) is 1.52. The maximum Gasteiger partial charge on any atom is 0.276 e. The fourth-order valence-electron chi connectivity index (χ4n) is 1.21. The van der Waals surface area contributed by atoms with E-state index < -0.39 is 0 Å². The van der Waals surface area contributed by atoms with E-state index in [0.717, 1.165) is 17.0 Å². The molecular weight excluding hydrogens is 224 g/mol. The maximum absolute atomic E-state index is 5.52. The highest BCUT2D eigenvalue weighted by atomic mass is 32.2. The molecule has 0 radical (unpaired) electrons. The summed E-state index contributed by atoms with van der Waals surface area (Å²) in [6, 6.07) is 3.94. The minimum atomic E-state index is 0.457. The van der Waals surface area contributed by atoms with Gasteiger partial charge in [0.1, 0.15) is 0 Å². The van der Waals surface area contributed by atoms with Crippen molar-refractivity contribution in [2.45, 2.75) is 24.4 Å². The fraction of sp³-hybridized carbons (Fsp3) is 0.300. The van der Waals surface area contributed by atoms with Gasteiger partial charge in [-0.15, -0.1) is 10.2 Å². The number of rotatable bonds is 4. The third-order valence-electron chi connectivity index (χ3n) is 1.96. The largest absolute Gasteiger partial charge is 0.416 e. The number of thioether (sulfide) groups is 1. The van der Waals surface area contributed by atoms with Crippen LogP contribution in [-0.4, -0.2) is 15.2 Å². The topological polar surface area (TPSA) is 77.8 Å². The Kier molecular flexibility index (Phi) is 3.53. The van der Waals surface area contributed by atoms with E-state index in [2.05, 4.69) is 15.2 Å². The molecule has 0 aliphatic carbocycles. The number of aryl methyl sites for hydroxylation is 1. The van der Waals surface area contributed by atoms with Gasteiger partial charge in [0.2, 0.25) is 5.89 Å². The smallest absolute Gasteiger partial charge is 0.276 e. The van der Waals surface area contributed by atoms with E-state index in [1.54, 1.807) is 13.1 Å². The van der Waals surface area contributed by atoms with E-state index >= 15 is 0 Å². The number of hydrogen-bond donors (Lipinski definition) is 1. The van der Waals surface area contributed by atoms with Crippen molar-refractivity contribution in [2.75, 3.05) is 0 Å². The molecule has 2 heterocycles. The van der Waals surface area contributed by atoms with Crippen molar-refractivity contribution < 1.29 is 4.42 Å². The van der Waals surface area contributed by atoms with Gasteiger partial charge in [-0.25, -0.2) is 0 Å². The summed E-state index contributed by atoms with van der Waals surface area (Å²) in [5, 5.41) is 8.26. The zero-order valence-corrected chi connectivity index (χ0v) is 9.70. The molecule has 0 spiro atoms. The van der Waals surface area contributed by atoms with Crippen LogP contribution in [0.1, 0.15) is 17.1 Å². The van der Waals surface area contributed by atoms with Gasteiger partial charge in [-0.05, 0) is 17.7 Å². The summed E-state index contributed by atoms with van der Waals surface area (Å²) in [4.78, 5) is 4.13. The van der Waals surface area contributed by atoms with E-state index in [0.29, 0.717) is 17.7 Å². The van der Waals surface area contributed by atoms with Crippen molar-refractivity contribution >= 4 is 11.8 Å². The minimum Gasteiger partial charge on any atom is -0.416 e. The van der Waals surface area contributed by atoms with E-state index in [9.17, 15) is 0 Å². The molecule has 0 unspecified atom stereocenters. The molecule has 6 heteroatoms. The lowest BCUT2D eigenvalue weighted by molar-refractivity contribution is 0.429. The number of hydrogen-bond acceptors (Lipinski definition) is 6. The molecule has 0 saturated heterocycles. The number of aromatic nitrogens is 3. The molecule has 0 atom stereocenters. The van der Waals surface area contributed by atoms with Gasteiger partial charge in [0.15, 0.2) is 0 Å². The van der Waals surface area contributed by atoms with Crippen LogP contribution in [0.3, 0.4) is 0 Å². The third-order valence-corrected chi connectivity index (χ3v) is 2.85. The minimum absolute atomic E-state index is 0.457. The quantitative estimate of drug-likeness (QED) is 0.811. The first kappa shape index (κ1) is 11.1. The molecule has 2 aromatic rings. The highest BCUT2D eigenvalue weighted by Gasteiger charge is 2.04. The molecule has 0 aliphatic heterocycles. The number of pyridine rings is 1. The van der Waals surface area contributed by atoms with Gasteiger partial charge in [0, 0.05) is 25.4 Å². The lowest BCUT2D eigenvalue weighted by Gasteiger charge is -2.00. The first-order chi connectivity index (χ1) is 7.78. The van der Waals surface area contributed by atoms with Gasteiger partial charge >= 0.3 is 0 Å². The summed E-state index contributed by atoms with van der Waals surface area (Å²) >= 11 is 1.50. The molecule has 0 amide bonds. The summed E-state index contributed by atoms with van der Waals surface area (Å²) in [5.74, 6) is 1.36.